The monoisotopic (exact) mass is 399 g/mol. The fraction of sp³-hybridized carbons (Fsp3) is 0.538. The Morgan fingerprint density at radius 2 is 1.85 bits per heavy atom. The Bertz CT molecular complexity index is 596. The van der Waals surface area contributed by atoms with Gasteiger partial charge in [-0.1, -0.05) is 53.0 Å². The molecule has 0 N–H and O–H groups in total. The van der Waals surface area contributed by atoms with Gasteiger partial charge in [0, 0.05) is 17.1 Å². The van der Waals surface area contributed by atoms with Crippen molar-refractivity contribution in [3.8, 4) is 0 Å². The molecule has 1 aliphatic heterocycles. The van der Waals surface area contributed by atoms with Crippen molar-refractivity contribution in [2.24, 2.45) is 5.92 Å². The van der Waals surface area contributed by atoms with Gasteiger partial charge in [-0.3, -0.25) is 0 Å². The van der Waals surface area contributed by atoms with E-state index < -0.39 is 10.0 Å². The van der Waals surface area contributed by atoms with Crippen molar-refractivity contribution in [1.29, 1.82) is 0 Å². The number of nitrogens with zero attached hydrogens (tertiary/aromatic N) is 1. The summed E-state index contributed by atoms with van der Waals surface area (Å²) in [6, 6.07) is 3.12. The third-order valence-corrected chi connectivity index (χ3v) is 6.85. The first-order valence-corrected chi connectivity index (χ1v) is 9.40. The van der Waals surface area contributed by atoms with Crippen LogP contribution >= 0.6 is 39.1 Å². The maximum absolute atomic E-state index is 12.8. The zero-order valence-corrected chi connectivity index (χ0v) is 15.2. The summed E-state index contributed by atoms with van der Waals surface area (Å²) in [4.78, 5) is 0.0107. The van der Waals surface area contributed by atoms with Gasteiger partial charge in [-0.25, -0.2) is 8.42 Å². The van der Waals surface area contributed by atoms with Gasteiger partial charge in [0.15, 0.2) is 0 Å². The van der Waals surface area contributed by atoms with E-state index in [0.29, 0.717) is 11.0 Å². The summed E-state index contributed by atoms with van der Waals surface area (Å²) < 4.78 is 27.9. The van der Waals surface area contributed by atoms with Crippen LogP contribution in [0.5, 0.6) is 0 Å². The molecule has 3 nitrogen and oxygen atoms in total. The van der Waals surface area contributed by atoms with Crippen LogP contribution in [0.15, 0.2) is 21.5 Å². The molecule has 1 aromatic carbocycles. The van der Waals surface area contributed by atoms with Gasteiger partial charge < -0.3 is 0 Å². The molecule has 7 heteroatoms. The molecular formula is C13H16BrCl2NO2S. The maximum atomic E-state index is 12.8. The number of sulfonamides is 1. The van der Waals surface area contributed by atoms with Crippen LogP contribution < -0.4 is 0 Å². The van der Waals surface area contributed by atoms with Crippen LogP contribution in [0.4, 0.5) is 0 Å². The van der Waals surface area contributed by atoms with Crippen molar-refractivity contribution in [3.63, 3.8) is 0 Å². The van der Waals surface area contributed by atoms with E-state index >= 15 is 0 Å². The molecule has 0 aliphatic carbocycles. The average molecular weight is 401 g/mol. The second-order valence-electron chi connectivity index (χ2n) is 5.27. The summed E-state index contributed by atoms with van der Waals surface area (Å²) in [5, 5.41) is 0.303. The van der Waals surface area contributed by atoms with Gasteiger partial charge in [-0.15, -0.1) is 0 Å². The van der Waals surface area contributed by atoms with Crippen LogP contribution in [0, 0.1) is 5.92 Å². The van der Waals surface area contributed by atoms with Crippen LogP contribution in [-0.2, 0) is 10.0 Å². The van der Waals surface area contributed by atoms with Gasteiger partial charge >= 0.3 is 0 Å². The molecule has 1 saturated heterocycles. The molecule has 2 rings (SSSR count). The summed E-state index contributed by atoms with van der Waals surface area (Å²) in [6.07, 6.45) is 1.75. The standard InChI is InChI=1S/C13H16BrCl2NO2S/c1-8(2)12-4-3-5-17(12)20(18,19)13-10(15)6-9(14)7-11(13)16/h6-8,12H,3-5H2,1-2H3. The largest absolute Gasteiger partial charge is 0.246 e. The molecule has 1 aromatic rings. The van der Waals surface area contributed by atoms with Crippen LogP contribution in [0.1, 0.15) is 26.7 Å². The minimum Gasteiger partial charge on any atom is -0.207 e. The van der Waals surface area contributed by atoms with E-state index in [9.17, 15) is 8.42 Å². The van der Waals surface area contributed by atoms with E-state index in [1.165, 1.54) is 0 Å². The predicted molar refractivity (Wildman–Crippen MR) is 85.9 cm³/mol. The van der Waals surface area contributed by atoms with Crippen molar-refractivity contribution < 1.29 is 8.42 Å². The number of hydrogen-bond donors (Lipinski definition) is 0. The lowest BCUT2D eigenvalue weighted by Gasteiger charge is -2.27. The molecule has 1 fully saturated rings. The second-order valence-corrected chi connectivity index (χ2v) is 8.83. The molecule has 1 aliphatic rings. The van der Waals surface area contributed by atoms with Gasteiger partial charge in [0.2, 0.25) is 10.0 Å². The summed E-state index contributed by atoms with van der Waals surface area (Å²) in [5.74, 6) is 0.264. The third kappa shape index (κ3) is 3.02. The number of halogens is 3. The first-order chi connectivity index (χ1) is 9.25. The second kappa shape index (κ2) is 6.13. The topological polar surface area (TPSA) is 37.4 Å². The Morgan fingerprint density at radius 3 is 2.35 bits per heavy atom. The van der Waals surface area contributed by atoms with E-state index in [4.69, 9.17) is 23.2 Å². The predicted octanol–water partition coefficient (Wildman–Crippen LogP) is 4.57. The van der Waals surface area contributed by atoms with Crippen LogP contribution in [0.3, 0.4) is 0 Å². The van der Waals surface area contributed by atoms with Crippen LogP contribution in [-0.4, -0.2) is 25.3 Å². The molecule has 1 atom stereocenters. The van der Waals surface area contributed by atoms with Crippen LogP contribution in [0.25, 0.3) is 0 Å². The van der Waals surface area contributed by atoms with Crippen molar-refractivity contribution in [1.82, 2.24) is 4.31 Å². The molecular weight excluding hydrogens is 385 g/mol. The normalized spacial score (nSPS) is 20.8. The smallest absolute Gasteiger partial charge is 0.207 e. The summed E-state index contributed by atoms with van der Waals surface area (Å²) in [6.45, 7) is 4.58. The summed E-state index contributed by atoms with van der Waals surface area (Å²) in [7, 11) is -3.66. The number of hydrogen-bond acceptors (Lipinski definition) is 2. The van der Waals surface area contributed by atoms with Crippen LogP contribution in [0.2, 0.25) is 10.0 Å². The first kappa shape index (κ1) is 16.6. The molecule has 0 spiro atoms. The molecule has 0 aromatic heterocycles. The maximum Gasteiger partial charge on any atom is 0.246 e. The Hall–Kier alpha value is 0.190. The van der Waals surface area contributed by atoms with Crippen molar-refractivity contribution in [2.45, 2.75) is 37.6 Å². The Labute approximate surface area is 138 Å². The van der Waals surface area contributed by atoms with Crippen molar-refractivity contribution in [3.05, 3.63) is 26.7 Å². The molecule has 112 valence electrons. The van der Waals surface area contributed by atoms with E-state index in [-0.39, 0.29) is 26.9 Å². The quantitative estimate of drug-likeness (QED) is 0.745. The first-order valence-electron chi connectivity index (χ1n) is 6.41. The molecule has 0 saturated carbocycles. The Morgan fingerprint density at radius 1 is 1.30 bits per heavy atom. The van der Waals surface area contributed by atoms with Gasteiger partial charge in [0.25, 0.3) is 0 Å². The minimum absolute atomic E-state index is 0.00998. The SMILES string of the molecule is CC(C)C1CCCN1S(=O)(=O)c1c(Cl)cc(Br)cc1Cl. The van der Waals surface area contributed by atoms with Gasteiger partial charge in [-0.2, -0.15) is 4.31 Å². The number of benzene rings is 1. The lowest BCUT2D eigenvalue weighted by molar-refractivity contribution is 0.316. The fourth-order valence-electron chi connectivity index (χ4n) is 2.62. The lowest BCUT2D eigenvalue weighted by Crippen LogP contribution is -2.38. The molecule has 0 amide bonds. The van der Waals surface area contributed by atoms with Gasteiger partial charge in [0.05, 0.1) is 10.0 Å². The highest BCUT2D eigenvalue weighted by Gasteiger charge is 2.38. The zero-order valence-electron chi connectivity index (χ0n) is 11.2. The van der Waals surface area contributed by atoms with E-state index in [1.54, 1.807) is 16.4 Å². The molecule has 1 unspecified atom stereocenters. The molecule has 0 bridgehead atoms. The number of rotatable bonds is 3. The lowest BCUT2D eigenvalue weighted by atomic mass is 10.0. The van der Waals surface area contributed by atoms with Crippen molar-refractivity contribution >= 4 is 49.2 Å². The highest BCUT2D eigenvalue weighted by Crippen LogP contribution is 2.38. The minimum atomic E-state index is -3.66. The van der Waals surface area contributed by atoms with E-state index in [2.05, 4.69) is 15.9 Å². The molecule has 20 heavy (non-hydrogen) atoms. The Balaban J connectivity index is 2.51. The summed E-state index contributed by atoms with van der Waals surface area (Å²) >= 11 is 15.5. The fourth-order valence-corrected chi connectivity index (χ4v) is 6.34. The van der Waals surface area contributed by atoms with E-state index in [0.717, 1.165) is 12.8 Å². The highest BCUT2D eigenvalue weighted by molar-refractivity contribution is 9.10. The summed E-state index contributed by atoms with van der Waals surface area (Å²) in [5.41, 5.74) is 0. The van der Waals surface area contributed by atoms with E-state index in [1.807, 2.05) is 13.8 Å². The average Bonchev–Trinajstić information content (AvgIpc) is 2.75. The zero-order chi connectivity index (χ0) is 15.1. The molecule has 1 heterocycles. The molecule has 0 radical (unpaired) electrons. The van der Waals surface area contributed by atoms with Gasteiger partial charge in [-0.05, 0) is 30.9 Å². The van der Waals surface area contributed by atoms with Crippen molar-refractivity contribution in [2.75, 3.05) is 6.54 Å². The Kier molecular flexibility index (Phi) is 5.07. The van der Waals surface area contributed by atoms with Gasteiger partial charge in [0.1, 0.15) is 4.90 Å². The third-order valence-electron chi connectivity index (χ3n) is 3.55. The highest BCUT2D eigenvalue weighted by atomic mass is 79.9.